The van der Waals surface area contributed by atoms with Crippen LogP contribution in [-0.2, 0) is 11.3 Å². The molecule has 1 atom stereocenters. The quantitative estimate of drug-likeness (QED) is 0.888. The van der Waals surface area contributed by atoms with Crippen molar-refractivity contribution >= 4 is 28.6 Å². The van der Waals surface area contributed by atoms with Crippen molar-refractivity contribution in [3.63, 3.8) is 0 Å². The summed E-state index contributed by atoms with van der Waals surface area (Å²) in [6.45, 7) is 2.42. The van der Waals surface area contributed by atoms with Gasteiger partial charge in [0.2, 0.25) is 5.91 Å². The molecule has 3 N–H and O–H groups in total. The first-order valence-electron chi connectivity index (χ1n) is 5.14. The van der Waals surface area contributed by atoms with Crippen molar-refractivity contribution < 1.29 is 4.79 Å². The van der Waals surface area contributed by atoms with Gasteiger partial charge in [-0.1, -0.05) is 6.07 Å². The third kappa shape index (κ3) is 2.91. The van der Waals surface area contributed by atoms with Crippen LogP contribution in [0.3, 0.4) is 0 Å². The average Bonchev–Trinajstić information content (AvgIpc) is 2.96. The number of hydrogen-bond acceptors (Lipinski definition) is 5. The van der Waals surface area contributed by atoms with Gasteiger partial charge in [0, 0.05) is 9.75 Å². The van der Waals surface area contributed by atoms with Crippen LogP contribution in [-0.4, -0.2) is 10.9 Å². The summed E-state index contributed by atoms with van der Waals surface area (Å²) in [5.41, 5.74) is 8.58. The van der Waals surface area contributed by atoms with Crippen LogP contribution in [0.4, 0.5) is 0 Å². The van der Waals surface area contributed by atoms with E-state index < -0.39 is 6.04 Å². The van der Waals surface area contributed by atoms with Crippen molar-refractivity contribution in [2.45, 2.75) is 19.5 Å². The highest BCUT2D eigenvalue weighted by molar-refractivity contribution is 7.10. The third-order valence-electron chi connectivity index (χ3n) is 2.40. The van der Waals surface area contributed by atoms with Gasteiger partial charge in [-0.25, -0.2) is 4.98 Å². The van der Waals surface area contributed by atoms with Gasteiger partial charge in [0.05, 0.1) is 17.7 Å². The predicted octanol–water partition coefficient (Wildman–Crippen LogP) is 1.83. The van der Waals surface area contributed by atoms with E-state index in [-0.39, 0.29) is 5.91 Å². The molecule has 0 aliphatic heterocycles. The molecule has 2 aromatic heterocycles. The fraction of sp³-hybridized carbons (Fsp3) is 0.273. The van der Waals surface area contributed by atoms with Crippen molar-refractivity contribution in [2.75, 3.05) is 0 Å². The molecule has 0 fully saturated rings. The number of carbonyl (C=O) groups is 1. The lowest BCUT2D eigenvalue weighted by Gasteiger charge is -2.09. The zero-order chi connectivity index (χ0) is 12.3. The Kier molecular flexibility index (Phi) is 3.88. The zero-order valence-electron chi connectivity index (χ0n) is 9.34. The SMILES string of the molecule is Cc1ncsc1CNC(=O)C(N)c1cccs1. The van der Waals surface area contributed by atoms with E-state index in [0.717, 1.165) is 15.4 Å². The summed E-state index contributed by atoms with van der Waals surface area (Å²) in [4.78, 5) is 17.9. The second-order valence-corrected chi connectivity index (χ2v) is 5.49. The molecule has 1 unspecified atom stereocenters. The van der Waals surface area contributed by atoms with Gasteiger partial charge in [-0.2, -0.15) is 0 Å². The van der Waals surface area contributed by atoms with Crippen LogP contribution in [0.2, 0.25) is 0 Å². The van der Waals surface area contributed by atoms with E-state index in [1.807, 2.05) is 24.4 Å². The maximum absolute atomic E-state index is 11.8. The summed E-state index contributed by atoms with van der Waals surface area (Å²) in [5, 5.41) is 4.74. The molecule has 90 valence electrons. The van der Waals surface area contributed by atoms with E-state index in [2.05, 4.69) is 10.3 Å². The summed E-state index contributed by atoms with van der Waals surface area (Å²) in [7, 11) is 0. The van der Waals surface area contributed by atoms with Gasteiger partial charge in [0.15, 0.2) is 0 Å². The number of nitrogens with zero attached hydrogens (tertiary/aromatic N) is 1. The van der Waals surface area contributed by atoms with Crippen molar-refractivity contribution in [2.24, 2.45) is 5.73 Å². The lowest BCUT2D eigenvalue weighted by Crippen LogP contribution is -2.33. The molecule has 6 heteroatoms. The topological polar surface area (TPSA) is 68.0 Å². The molecule has 0 radical (unpaired) electrons. The Morgan fingerprint density at radius 2 is 2.41 bits per heavy atom. The summed E-state index contributed by atoms with van der Waals surface area (Å²) < 4.78 is 0. The number of aryl methyl sites for hydroxylation is 1. The Morgan fingerprint density at radius 3 is 3.00 bits per heavy atom. The number of rotatable bonds is 4. The number of carbonyl (C=O) groups excluding carboxylic acids is 1. The Morgan fingerprint density at radius 1 is 1.59 bits per heavy atom. The molecule has 0 aliphatic carbocycles. The Hall–Kier alpha value is -1.24. The lowest BCUT2D eigenvalue weighted by atomic mass is 10.2. The molecule has 0 bridgehead atoms. The van der Waals surface area contributed by atoms with Crippen LogP contribution in [0.1, 0.15) is 21.5 Å². The van der Waals surface area contributed by atoms with E-state index in [0.29, 0.717) is 6.54 Å². The van der Waals surface area contributed by atoms with Crippen LogP contribution in [0.15, 0.2) is 23.0 Å². The molecule has 0 aliphatic rings. The molecular formula is C11H13N3OS2. The normalized spacial score (nSPS) is 12.4. The van der Waals surface area contributed by atoms with Crippen molar-refractivity contribution in [3.8, 4) is 0 Å². The molecule has 0 spiro atoms. The van der Waals surface area contributed by atoms with Crippen molar-refractivity contribution in [3.05, 3.63) is 38.5 Å². The van der Waals surface area contributed by atoms with Crippen LogP contribution >= 0.6 is 22.7 Å². The number of nitrogens with one attached hydrogen (secondary N) is 1. The smallest absolute Gasteiger partial charge is 0.242 e. The summed E-state index contributed by atoms with van der Waals surface area (Å²) >= 11 is 3.03. The van der Waals surface area contributed by atoms with E-state index >= 15 is 0 Å². The number of amides is 1. The fourth-order valence-electron chi connectivity index (χ4n) is 1.37. The van der Waals surface area contributed by atoms with E-state index in [9.17, 15) is 4.79 Å². The first-order chi connectivity index (χ1) is 8.18. The summed E-state index contributed by atoms with van der Waals surface area (Å²) in [5.74, 6) is -0.153. The number of hydrogen-bond donors (Lipinski definition) is 2. The predicted molar refractivity (Wildman–Crippen MR) is 69.9 cm³/mol. The molecule has 0 aromatic carbocycles. The third-order valence-corrected chi connectivity index (χ3v) is 4.29. The molecule has 2 aromatic rings. The van der Waals surface area contributed by atoms with E-state index in [1.54, 1.807) is 5.51 Å². The number of aromatic nitrogens is 1. The standard InChI is InChI=1S/C11H13N3OS2/c1-7-9(17-6-14-7)5-13-11(15)10(12)8-3-2-4-16-8/h2-4,6,10H,5,12H2,1H3,(H,13,15). The molecule has 4 nitrogen and oxygen atoms in total. The zero-order valence-corrected chi connectivity index (χ0v) is 11.0. The molecular weight excluding hydrogens is 254 g/mol. The van der Waals surface area contributed by atoms with Gasteiger partial charge >= 0.3 is 0 Å². The Balaban J connectivity index is 1.92. The van der Waals surface area contributed by atoms with Gasteiger partial charge in [0.1, 0.15) is 6.04 Å². The highest BCUT2D eigenvalue weighted by Crippen LogP contribution is 2.17. The van der Waals surface area contributed by atoms with E-state index in [4.69, 9.17) is 5.73 Å². The van der Waals surface area contributed by atoms with Gasteiger partial charge in [-0.3, -0.25) is 4.79 Å². The summed E-state index contributed by atoms with van der Waals surface area (Å²) in [6.07, 6.45) is 0. The fourth-order valence-corrected chi connectivity index (χ4v) is 2.81. The van der Waals surface area contributed by atoms with Crippen molar-refractivity contribution in [1.29, 1.82) is 0 Å². The minimum Gasteiger partial charge on any atom is -0.349 e. The van der Waals surface area contributed by atoms with Crippen LogP contribution in [0.25, 0.3) is 0 Å². The molecule has 2 rings (SSSR count). The number of nitrogens with two attached hydrogens (primary N) is 1. The lowest BCUT2D eigenvalue weighted by molar-refractivity contribution is -0.122. The molecule has 0 saturated heterocycles. The van der Waals surface area contributed by atoms with Crippen LogP contribution in [0, 0.1) is 6.92 Å². The van der Waals surface area contributed by atoms with E-state index in [1.165, 1.54) is 22.7 Å². The monoisotopic (exact) mass is 267 g/mol. The highest BCUT2D eigenvalue weighted by Gasteiger charge is 2.16. The molecule has 17 heavy (non-hydrogen) atoms. The molecule has 1 amide bonds. The Bertz CT molecular complexity index is 493. The van der Waals surface area contributed by atoms with Gasteiger partial charge in [0.25, 0.3) is 0 Å². The first kappa shape index (κ1) is 12.2. The second-order valence-electron chi connectivity index (χ2n) is 3.57. The van der Waals surface area contributed by atoms with Gasteiger partial charge in [-0.15, -0.1) is 22.7 Å². The summed E-state index contributed by atoms with van der Waals surface area (Å²) in [6, 6.07) is 3.18. The Labute approximate surface area is 107 Å². The number of thiazole rings is 1. The van der Waals surface area contributed by atoms with Crippen LogP contribution < -0.4 is 11.1 Å². The second kappa shape index (κ2) is 5.39. The van der Waals surface area contributed by atoms with Crippen LogP contribution in [0.5, 0.6) is 0 Å². The largest absolute Gasteiger partial charge is 0.349 e. The van der Waals surface area contributed by atoms with Crippen molar-refractivity contribution in [1.82, 2.24) is 10.3 Å². The average molecular weight is 267 g/mol. The highest BCUT2D eigenvalue weighted by atomic mass is 32.1. The number of thiophene rings is 1. The molecule has 2 heterocycles. The minimum atomic E-state index is -0.580. The maximum Gasteiger partial charge on any atom is 0.242 e. The molecule has 0 saturated carbocycles. The maximum atomic E-state index is 11.8. The minimum absolute atomic E-state index is 0.153. The van der Waals surface area contributed by atoms with Gasteiger partial charge < -0.3 is 11.1 Å². The van der Waals surface area contributed by atoms with Gasteiger partial charge in [-0.05, 0) is 18.4 Å². The first-order valence-corrected chi connectivity index (χ1v) is 6.90.